The zero-order valence-electron chi connectivity index (χ0n) is 10.7. The highest BCUT2D eigenvalue weighted by molar-refractivity contribution is 5.20. The Morgan fingerprint density at radius 3 is 2.89 bits per heavy atom. The van der Waals surface area contributed by atoms with E-state index in [9.17, 15) is 0 Å². The van der Waals surface area contributed by atoms with Crippen molar-refractivity contribution in [1.29, 1.82) is 0 Å². The molecule has 18 heavy (non-hydrogen) atoms. The predicted octanol–water partition coefficient (Wildman–Crippen LogP) is 1.65. The first-order valence-electron chi connectivity index (χ1n) is 5.92. The molecule has 0 bridgehead atoms. The molecule has 98 valence electrons. The molecule has 2 aromatic heterocycles. The van der Waals surface area contributed by atoms with Gasteiger partial charge >= 0.3 is 6.01 Å². The van der Waals surface area contributed by atoms with Gasteiger partial charge in [0.25, 0.3) is 0 Å². The van der Waals surface area contributed by atoms with Crippen molar-refractivity contribution in [2.24, 2.45) is 0 Å². The molecule has 2 aromatic rings. The lowest BCUT2D eigenvalue weighted by atomic mass is 10.3. The van der Waals surface area contributed by atoms with Crippen LogP contribution < -0.4 is 10.6 Å². The Morgan fingerprint density at radius 2 is 2.22 bits per heavy atom. The topological polar surface area (TPSA) is 89.0 Å². The van der Waals surface area contributed by atoms with Crippen LogP contribution in [0.15, 0.2) is 15.0 Å². The number of aryl methyl sites for hydroxylation is 1. The van der Waals surface area contributed by atoms with Gasteiger partial charge in [-0.1, -0.05) is 17.2 Å². The van der Waals surface area contributed by atoms with Crippen LogP contribution in [0, 0.1) is 6.92 Å². The van der Waals surface area contributed by atoms with Gasteiger partial charge in [-0.15, -0.1) is 5.10 Å². The van der Waals surface area contributed by atoms with Gasteiger partial charge in [-0.25, -0.2) is 0 Å². The van der Waals surface area contributed by atoms with Crippen LogP contribution in [0.2, 0.25) is 0 Å². The fourth-order valence-corrected chi connectivity index (χ4v) is 1.54. The number of hydrogen-bond donors (Lipinski definition) is 2. The summed E-state index contributed by atoms with van der Waals surface area (Å²) >= 11 is 0. The van der Waals surface area contributed by atoms with Crippen molar-refractivity contribution in [2.75, 3.05) is 11.9 Å². The molecule has 1 atom stereocenters. The summed E-state index contributed by atoms with van der Waals surface area (Å²) in [6, 6.07) is 2.29. The highest BCUT2D eigenvalue weighted by atomic mass is 16.5. The molecule has 0 amide bonds. The standard InChI is InChI=1S/C11H17N5O2/c1-4-12-8(3)10-14-15-11(17-10)13-6-9-5-7(2)18-16-9/h5,8,12H,4,6H2,1-3H3,(H,13,15). The van der Waals surface area contributed by atoms with Gasteiger partial charge < -0.3 is 19.6 Å². The molecule has 7 nitrogen and oxygen atoms in total. The van der Waals surface area contributed by atoms with Crippen LogP contribution in [-0.4, -0.2) is 21.9 Å². The number of hydrogen-bond acceptors (Lipinski definition) is 7. The highest BCUT2D eigenvalue weighted by Gasteiger charge is 2.12. The lowest BCUT2D eigenvalue weighted by Crippen LogP contribution is -2.17. The number of anilines is 1. The van der Waals surface area contributed by atoms with Gasteiger partial charge in [-0.2, -0.15) is 0 Å². The third-order valence-electron chi connectivity index (χ3n) is 2.42. The van der Waals surface area contributed by atoms with Gasteiger partial charge in [0.2, 0.25) is 5.89 Å². The van der Waals surface area contributed by atoms with Crippen molar-refractivity contribution in [3.05, 3.63) is 23.4 Å². The molecule has 0 aliphatic carbocycles. The summed E-state index contributed by atoms with van der Waals surface area (Å²) in [6.45, 7) is 7.19. The van der Waals surface area contributed by atoms with Crippen LogP contribution in [0.25, 0.3) is 0 Å². The third-order valence-corrected chi connectivity index (χ3v) is 2.42. The van der Waals surface area contributed by atoms with E-state index in [-0.39, 0.29) is 6.04 Å². The Balaban J connectivity index is 1.90. The summed E-state index contributed by atoms with van der Waals surface area (Å²) in [5, 5.41) is 17.9. The lowest BCUT2D eigenvalue weighted by molar-refractivity contribution is 0.391. The molecule has 2 N–H and O–H groups in total. The molecule has 0 saturated carbocycles. The quantitative estimate of drug-likeness (QED) is 0.806. The maximum absolute atomic E-state index is 5.47. The molecule has 2 heterocycles. The maximum atomic E-state index is 5.47. The van der Waals surface area contributed by atoms with Crippen molar-refractivity contribution >= 4 is 6.01 Å². The normalized spacial score (nSPS) is 12.6. The highest BCUT2D eigenvalue weighted by Crippen LogP contribution is 2.14. The Kier molecular flexibility index (Phi) is 3.93. The molecule has 7 heteroatoms. The summed E-state index contributed by atoms with van der Waals surface area (Å²) in [7, 11) is 0. The van der Waals surface area contributed by atoms with Gasteiger partial charge in [0, 0.05) is 6.07 Å². The Morgan fingerprint density at radius 1 is 1.39 bits per heavy atom. The van der Waals surface area contributed by atoms with Crippen LogP contribution in [0.3, 0.4) is 0 Å². The molecular weight excluding hydrogens is 234 g/mol. The van der Waals surface area contributed by atoms with Crippen molar-refractivity contribution < 1.29 is 8.94 Å². The van der Waals surface area contributed by atoms with E-state index in [1.807, 2.05) is 26.8 Å². The summed E-state index contributed by atoms with van der Waals surface area (Å²) in [5.41, 5.74) is 0.798. The molecular formula is C11H17N5O2. The van der Waals surface area contributed by atoms with E-state index >= 15 is 0 Å². The van der Waals surface area contributed by atoms with Gasteiger partial charge in [0.05, 0.1) is 12.6 Å². The fourth-order valence-electron chi connectivity index (χ4n) is 1.54. The van der Waals surface area contributed by atoms with E-state index in [1.165, 1.54) is 0 Å². The molecule has 0 fully saturated rings. The maximum Gasteiger partial charge on any atom is 0.315 e. The van der Waals surface area contributed by atoms with E-state index in [0.717, 1.165) is 18.0 Å². The monoisotopic (exact) mass is 251 g/mol. The second-order valence-electron chi connectivity index (χ2n) is 4.01. The van der Waals surface area contributed by atoms with E-state index in [4.69, 9.17) is 8.94 Å². The lowest BCUT2D eigenvalue weighted by Gasteiger charge is -2.05. The first kappa shape index (κ1) is 12.6. The minimum Gasteiger partial charge on any atom is -0.406 e. The number of nitrogens with one attached hydrogen (secondary N) is 2. The summed E-state index contributed by atoms with van der Waals surface area (Å²) in [5.74, 6) is 1.34. The second kappa shape index (κ2) is 5.63. The summed E-state index contributed by atoms with van der Waals surface area (Å²) < 4.78 is 10.4. The first-order chi connectivity index (χ1) is 8.69. The number of rotatable bonds is 6. The number of aromatic nitrogens is 3. The van der Waals surface area contributed by atoms with Gasteiger partial charge in [-0.3, -0.25) is 0 Å². The van der Waals surface area contributed by atoms with Crippen LogP contribution in [0.4, 0.5) is 6.01 Å². The second-order valence-corrected chi connectivity index (χ2v) is 4.01. The molecule has 1 unspecified atom stereocenters. The van der Waals surface area contributed by atoms with Crippen LogP contribution >= 0.6 is 0 Å². The smallest absolute Gasteiger partial charge is 0.315 e. The SMILES string of the molecule is CCNC(C)c1nnc(NCc2cc(C)on2)o1. The molecule has 0 radical (unpaired) electrons. The van der Waals surface area contributed by atoms with Crippen LogP contribution in [0.1, 0.15) is 37.2 Å². The minimum absolute atomic E-state index is 0.0485. The van der Waals surface area contributed by atoms with Crippen molar-refractivity contribution in [2.45, 2.75) is 33.4 Å². The summed E-state index contributed by atoms with van der Waals surface area (Å²) in [6.07, 6.45) is 0. The summed E-state index contributed by atoms with van der Waals surface area (Å²) in [4.78, 5) is 0. The molecule has 0 spiro atoms. The minimum atomic E-state index is 0.0485. The van der Waals surface area contributed by atoms with Crippen LogP contribution in [-0.2, 0) is 6.54 Å². The van der Waals surface area contributed by atoms with E-state index in [0.29, 0.717) is 18.5 Å². The fraction of sp³-hybridized carbons (Fsp3) is 0.545. The van der Waals surface area contributed by atoms with E-state index in [1.54, 1.807) is 0 Å². The first-order valence-corrected chi connectivity index (χ1v) is 5.92. The average Bonchev–Trinajstić information content (AvgIpc) is 2.95. The largest absolute Gasteiger partial charge is 0.406 e. The van der Waals surface area contributed by atoms with Crippen molar-refractivity contribution in [1.82, 2.24) is 20.7 Å². The van der Waals surface area contributed by atoms with E-state index in [2.05, 4.69) is 26.0 Å². The third kappa shape index (κ3) is 3.07. The Bertz CT molecular complexity index is 493. The van der Waals surface area contributed by atoms with E-state index < -0.39 is 0 Å². The molecule has 2 rings (SSSR count). The molecule has 0 saturated heterocycles. The molecule has 0 aliphatic heterocycles. The van der Waals surface area contributed by atoms with Crippen molar-refractivity contribution in [3.8, 4) is 0 Å². The Labute approximate surface area is 105 Å². The zero-order valence-corrected chi connectivity index (χ0v) is 10.7. The molecule has 0 aromatic carbocycles. The zero-order chi connectivity index (χ0) is 13.0. The average molecular weight is 251 g/mol. The Hall–Kier alpha value is -1.89. The number of nitrogens with zero attached hydrogens (tertiary/aromatic N) is 3. The van der Waals surface area contributed by atoms with Crippen molar-refractivity contribution in [3.63, 3.8) is 0 Å². The molecule has 0 aliphatic rings. The predicted molar refractivity (Wildman–Crippen MR) is 65.0 cm³/mol. The van der Waals surface area contributed by atoms with Gasteiger partial charge in [0.15, 0.2) is 0 Å². The van der Waals surface area contributed by atoms with Gasteiger partial charge in [0.1, 0.15) is 11.5 Å². The van der Waals surface area contributed by atoms with Crippen LogP contribution in [0.5, 0.6) is 0 Å². The van der Waals surface area contributed by atoms with Gasteiger partial charge in [-0.05, 0) is 20.4 Å².